The molecule has 158 valence electrons. The lowest BCUT2D eigenvalue weighted by atomic mass is 9.97. The van der Waals surface area contributed by atoms with Gasteiger partial charge in [0.25, 0.3) is 11.7 Å². The number of Topliss-reactive ketones (excluding diaryl/α,β-unsaturated/α-hetero) is 1. The molecule has 0 aliphatic carbocycles. The highest BCUT2D eigenvalue weighted by atomic mass is 32.1. The SMILES string of the molecule is COc1ccc(C)cc1/C(O)=C1\C(=O)C(=O)N(c2ccccc2C)C1c1sccc1C. The summed E-state index contributed by atoms with van der Waals surface area (Å²) in [6, 6.07) is 14.0. The molecule has 1 fully saturated rings. The van der Waals surface area contributed by atoms with Crippen molar-refractivity contribution < 1.29 is 19.4 Å². The Bertz CT molecular complexity index is 1220. The van der Waals surface area contributed by atoms with Crippen LogP contribution in [0.2, 0.25) is 0 Å². The number of para-hydroxylation sites is 1. The number of aliphatic hydroxyl groups is 1. The number of carbonyl (C=O) groups excluding carboxylic acids is 2. The molecule has 1 saturated heterocycles. The van der Waals surface area contributed by atoms with Crippen LogP contribution >= 0.6 is 11.3 Å². The quantitative estimate of drug-likeness (QED) is 0.344. The minimum absolute atomic E-state index is 0.0719. The lowest BCUT2D eigenvalue weighted by Crippen LogP contribution is -2.30. The van der Waals surface area contributed by atoms with Gasteiger partial charge < -0.3 is 9.84 Å². The maximum Gasteiger partial charge on any atom is 0.300 e. The van der Waals surface area contributed by atoms with Crippen molar-refractivity contribution in [3.05, 3.63) is 86.6 Å². The molecule has 0 radical (unpaired) electrons. The van der Waals surface area contributed by atoms with E-state index in [1.54, 1.807) is 12.1 Å². The van der Waals surface area contributed by atoms with Crippen molar-refractivity contribution in [2.45, 2.75) is 26.8 Å². The topological polar surface area (TPSA) is 66.8 Å². The molecule has 1 aliphatic rings. The van der Waals surface area contributed by atoms with E-state index < -0.39 is 17.7 Å². The van der Waals surface area contributed by atoms with Gasteiger partial charge in [0.2, 0.25) is 0 Å². The van der Waals surface area contributed by atoms with Gasteiger partial charge in [0.1, 0.15) is 17.6 Å². The van der Waals surface area contributed by atoms with E-state index in [4.69, 9.17) is 4.74 Å². The molecule has 4 rings (SSSR count). The average molecular weight is 434 g/mol. The zero-order valence-electron chi connectivity index (χ0n) is 17.8. The van der Waals surface area contributed by atoms with E-state index in [9.17, 15) is 14.7 Å². The molecule has 0 saturated carbocycles. The zero-order chi connectivity index (χ0) is 22.3. The van der Waals surface area contributed by atoms with Crippen LogP contribution in [0.15, 0.2) is 59.5 Å². The van der Waals surface area contributed by atoms with E-state index in [0.717, 1.165) is 21.6 Å². The molecule has 1 unspecified atom stereocenters. The van der Waals surface area contributed by atoms with Crippen LogP contribution in [-0.2, 0) is 9.59 Å². The lowest BCUT2D eigenvalue weighted by molar-refractivity contribution is -0.132. The third-order valence-corrected chi connectivity index (χ3v) is 6.65. The number of aliphatic hydroxyl groups excluding tert-OH is 1. The molecule has 1 aromatic heterocycles. The molecule has 1 aliphatic heterocycles. The number of nitrogens with zero attached hydrogens (tertiary/aromatic N) is 1. The number of anilines is 1. The first-order valence-electron chi connectivity index (χ1n) is 9.90. The normalized spacial score (nSPS) is 17.9. The molecule has 2 heterocycles. The number of hydrogen-bond acceptors (Lipinski definition) is 5. The Balaban J connectivity index is 2.01. The third-order valence-electron chi connectivity index (χ3n) is 5.58. The Hall–Kier alpha value is -3.38. The first-order chi connectivity index (χ1) is 14.8. The monoisotopic (exact) mass is 433 g/mol. The van der Waals surface area contributed by atoms with Crippen molar-refractivity contribution in [2.75, 3.05) is 12.0 Å². The fraction of sp³-hybridized carbons (Fsp3) is 0.200. The number of ketones is 1. The van der Waals surface area contributed by atoms with Gasteiger partial charge in [0.05, 0.1) is 18.2 Å². The molecule has 1 amide bonds. The molecule has 6 heteroatoms. The molecule has 3 aromatic rings. The minimum Gasteiger partial charge on any atom is -0.507 e. The number of carbonyl (C=O) groups is 2. The van der Waals surface area contributed by atoms with Crippen LogP contribution in [0.4, 0.5) is 5.69 Å². The maximum absolute atomic E-state index is 13.3. The number of rotatable bonds is 4. The van der Waals surface area contributed by atoms with Crippen LogP contribution in [0.25, 0.3) is 5.76 Å². The largest absolute Gasteiger partial charge is 0.507 e. The predicted molar refractivity (Wildman–Crippen MR) is 123 cm³/mol. The van der Waals surface area contributed by atoms with Crippen molar-refractivity contribution in [1.29, 1.82) is 0 Å². The highest BCUT2D eigenvalue weighted by Crippen LogP contribution is 2.46. The van der Waals surface area contributed by atoms with Crippen molar-refractivity contribution in [3.63, 3.8) is 0 Å². The van der Waals surface area contributed by atoms with Crippen LogP contribution in [0.5, 0.6) is 5.75 Å². The summed E-state index contributed by atoms with van der Waals surface area (Å²) >= 11 is 1.46. The van der Waals surface area contributed by atoms with Gasteiger partial charge in [-0.15, -0.1) is 11.3 Å². The standard InChI is InChI=1S/C25H23NO4S/c1-14-9-10-19(30-4)17(13-14)22(27)20-21(24-16(3)11-12-31-24)26(25(29)23(20)28)18-8-6-5-7-15(18)2/h5-13,21,27H,1-4H3/b22-20+. The molecule has 2 aromatic carbocycles. The summed E-state index contributed by atoms with van der Waals surface area (Å²) in [5, 5.41) is 13.3. The highest BCUT2D eigenvalue weighted by Gasteiger charge is 2.48. The Labute approximate surface area is 185 Å². The van der Waals surface area contributed by atoms with Crippen molar-refractivity contribution in [1.82, 2.24) is 0 Å². The molecule has 31 heavy (non-hydrogen) atoms. The van der Waals surface area contributed by atoms with Gasteiger partial charge >= 0.3 is 0 Å². The first kappa shape index (κ1) is 20.9. The summed E-state index contributed by atoms with van der Waals surface area (Å²) in [7, 11) is 1.51. The predicted octanol–water partition coefficient (Wildman–Crippen LogP) is 5.31. The smallest absolute Gasteiger partial charge is 0.300 e. The van der Waals surface area contributed by atoms with Crippen LogP contribution < -0.4 is 9.64 Å². The minimum atomic E-state index is -0.716. The van der Waals surface area contributed by atoms with E-state index in [0.29, 0.717) is 17.0 Å². The Kier molecular flexibility index (Phi) is 5.41. The number of aryl methyl sites for hydroxylation is 3. The van der Waals surface area contributed by atoms with Gasteiger partial charge in [-0.25, -0.2) is 0 Å². The fourth-order valence-corrected chi connectivity index (χ4v) is 5.00. The molecule has 1 atom stereocenters. The third kappa shape index (κ3) is 3.43. The van der Waals surface area contributed by atoms with E-state index in [1.807, 2.05) is 62.5 Å². The number of benzene rings is 2. The van der Waals surface area contributed by atoms with Gasteiger partial charge in [0.15, 0.2) is 0 Å². The zero-order valence-corrected chi connectivity index (χ0v) is 18.6. The van der Waals surface area contributed by atoms with Crippen LogP contribution in [-0.4, -0.2) is 23.9 Å². The van der Waals surface area contributed by atoms with E-state index in [1.165, 1.54) is 23.3 Å². The van der Waals surface area contributed by atoms with Gasteiger partial charge in [-0.05, 0) is 61.5 Å². The first-order valence-corrected chi connectivity index (χ1v) is 10.8. The molecule has 0 bridgehead atoms. The summed E-state index contributed by atoms with van der Waals surface area (Å²) in [4.78, 5) is 28.9. The lowest BCUT2D eigenvalue weighted by Gasteiger charge is -2.26. The Morgan fingerprint density at radius 2 is 1.77 bits per heavy atom. The Morgan fingerprint density at radius 3 is 2.42 bits per heavy atom. The van der Waals surface area contributed by atoms with E-state index in [2.05, 4.69) is 0 Å². The summed E-state index contributed by atoms with van der Waals surface area (Å²) in [6.45, 7) is 5.73. The van der Waals surface area contributed by atoms with E-state index in [-0.39, 0.29) is 11.3 Å². The Morgan fingerprint density at radius 1 is 1.03 bits per heavy atom. The van der Waals surface area contributed by atoms with Crippen molar-refractivity contribution in [2.24, 2.45) is 0 Å². The number of hydrogen-bond donors (Lipinski definition) is 1. The molecule has 1 N–H and O–H groups in total. The van der Waals surface area contributed by atoms with Crippen LogP contribution in [0, 0.1) is 20.8 Å². The number of ether oxygens (including phenoxy) is 1. The summed E-state index contributed by atoms with van der Waals surface area (Å²) in [5.41, 5.74) is 3.85. The second-order valence-electron chi connectivity index (χ2n) is 7.63. The summed E-state index contributed by atoms with van der Waals surface area (Å²) < 4.78 is 5.42. The van der Waals surface area contributed by atoms with Crippen molar-refractivity contribution >= 4 is 34.5 Å². The number of amides is 1. The van der Waals surface area contributed by atoms with Gasteiger partial charge in [-0.3, -0.25) is 14.5 Å². The van der Waals surface area contributed by atoms with Gasteiger partial charge in [-0.2, -0.15) is 0 Å². The molecular formula is C25H23NO4S. The van der Waals surface area contributed by atoms with Crippen LogP contribution in [0.1, 0.15) is 33.2 Å². The van der Waals surface area contributed by atoms with Crippen LogP contribution in [0.3, 0.4) is 0 Å². The molecule has 0 spiro atoms. The fourth-order valence-electron chi connectivity index (χ4n) is 3.98. The second-order valence-corrected chi connectivity index (χ2v) is 8.57. The molecule has 5 nitrogen and oxygen atoms in total. The van der Waals surface area contributed by atoms with Crippen molar-refractivity contribution in [3.8, 4) is 5.75 Å². The summed E-state index contributed by atoms with van der Waals surface area (Å²) in [5.74, 6) is -1.15. The number of methoxy groups -OCH3 is 1. The highest BCUT2D eigenvalue weighted by molar-refractivity contribution is 7.10. The molecular weight excluding hydrogens is 410 g/mol. The van der Waals surface area contributed by atoms with E-state index >= 15 is 0 Å². The average Bonchev–Trinajstić information content (AvgIpc) is 3.28. The van der Waals surface area contributed by atoms with Gasteiger partial charge in [-0.1, -0.05) is 29.8 Å². The second kappa shape index (κ2) is 8.04. The number of thiophene rings is 1. The maximum atomic E-state index is 13.3. The summed E-state index contributed by atoms with van der Waals surface area (Å²) in [6.07, 6.45) is 0. The van der Waals surface area contributed by atoms with Gasteiger partial charge in [0, 0.05) is 10.6 Å².